The SMILES string of the molecule is CC(C)N1CCN(CCn2c(=O)c(C(=O)O)cc3c4cnc(Nc5ccc(F)c(Cl)c5)nc4n4nc(C(F)(F)F)cc4c32)CC1. The lowest BCUT2D eigenvalue weighted by molar-refractivity contribution is -0.141. The Morgan fingerprint density at radius 2 is 1.82 bits per heavy atom. The average Bonchev–Trinajstić information content (AvgIpc) is 3.45. The predicted octanol–water partition coefficient (Wildman–Crippen LogP) is 4.87. The minimum Gasteiger partial charge on any atom is -0.477 e. The standard InChI is InChI=1S/C29H27ClF4N8O3/c1-15(2)40-8-5-39(6-9-40)7-10-41-24-17(12-18(26(41)43)27(44)45)19-14-35-28(36-16-3-4-21(31)20(30)11-16)37-25(19)42-22(24)13-23(38-42)29(32,33)34/h3-4,11-15H,5-10H2,1-2H3,(H,44,45)(H,35,36,37). The number of rotatable bonds is 7. The van der Waals surface area contributed by atoms with E-state index in [0.29, 0.717) is 18.3 Å². The van der Waals surface area contributed by atoms with E-state index < -0.39 is 34.8 Å². The molecule has 6 rings (SSSR count). The molecule has 2 N–H and O–H groups in total. The molecule has 0 unspecified atom stereocenters. The molecule has 1 saturated heterocycles. The van der Waals surface area contributed by atoms with Gasteiger partial charge in [0.2, 0.25) is 5.95 Å². The number of nitrogens with zero attached hydrogens (tertiary/aromatic N) is 7. The summed E-state index contributed by atoms with van der Waals surface area (Å²) >= 11 is 5.87. The van der Waals surface area contributed by atoms with Gasteiger partial charge in [0.15, 0.2) is 11.3 Å². The van der Waals surface area contributed by atoms with Crippen LogP contribution in [0.4, 0.5) is 29.2 Å². The Labute approximate surface area is 257 Å². The first kappa shape index (κ1) is 30.7. The number of carboxylic acids is 1. The van der Waals surface area contributed by atoms with Crippen molar-refractivity contribution in [3.8, 4) is 0 Å². The first-order valence-corrected chi connectivity index (χ1v) is 14.4. The van der Waals surface area contributed by atoms with Gasteiger partial charge in [-0.3, -0.25) is 14.6 Å². The number of carbonyl (C=O) groups is 1. The van der Waals surface area contributed by atoms with Gasteiger partial charge in [-0.15, -0.1) is 0 Å². The second-order valence-electron chi connectivity index (χ2n) is 11.1. The largest absolute Gasteiger partial charge is 0.477 e. The number of halogens is 5. The second-order valence-corrected chi connectivity index (χ2v) is 11.5. The Balaban J connectivity index is 1.53. The molecule has 0 aliphatic carbocycles. The van der Waals surface area contributed by atoms with E-state index in [9.17, 15) is 32.3 Å². The van der Waals surface area contributed by atoms with Crippen LogP contribution in [0.5, 0.6) is 0 Å². The first-order valence-electron chi connectivity index (χ1n) is 14.1. The molecule has 4 aromatic heterocycles. The number of aromatic nitrogens is 5. The van der Waals surface area contributed by atoms with E-state index in [-0.39, 0.29) is 45.0 Å². The Bertz CT molecular complexity index is 2020. The fraction of sp³-hybridized carbons (Fsp3) is 0.345. The molecule has 5 aromatic rings. The van der Waals surface area contributed by atoms with E-state index in [1.54, 1.807) is 0 Å². The normalized spacial score (nSPS) is 15.1. The summed E-state index contributed by atoms with van der Waals surface area (Å²) in [4.78, 5) is 38.8. The van der Waals surface area contributed by atoms with Crippen molar-refractivity contribution in [3.63, 3.8) is 0 Å². The molecule has 1 aliphatic rings. The number of piperazine rings is 1. The smallest absolute Gasteiger partial charge is 0.435 e. The highest BCUT2D eigenvalue weighted by molar-refractivity contribution is 6.31. The number of hydrogen-bond acceptors (Lipinski definition) is 8. The number of aromatic carboxylic acids is 1. The lowest BCUT2D eigenvalue weighted by Crippen LogP contribution is -2.49. The topological polar surface area (TPSA) is 121 Å². The van der Waals surface area contributed by atoms with Crippen molar-refractivity contribution in [2.45, 2.75) is 32.6 Å². The van der Waals surface area contributed by atoms with Gasteiger partial charge >= 0.3 is 12.1 Å². The van der Waals surface area contributed by atoms with Crippen molar-refractivity contribution in [2.75, 3.05) is 38.0 Å². The van der Waals surface area contributed by atoms with E-state index in [4.69, 9.17) is 11.6 Å². The van der Waals surface area contributed by atoms with E-state index in [0.717, 1.165) is 48.9 Å². The summed E-state index contributed by atoms with van der Waals surface area (Å²) in [6, 6.07) is 6.11. The maximum atomic E-state index is 14.0. The highest BCUT2D eigenvalue weighted by Crippen LogP contribution is 2.34. The van der Waals surface area contributed by atoms with Gasteiger partial charge in [-0.05, 0) is 44.2 Å². The van der Waals surface area contributed by atoms with Crippen LogP contribution >= 0.6 is 11.6 Å². The molecule has 11 nitrogen and oxygen atoms in total. The number of hydrogen-bond donors (Lipinski definition) is 2. The number of carboxylic acid groups (broad SMARTS) is 1. The summed E-state index contributed by atoms with van der Waals surface area (Å²) in [5.74, 6) is -2.20. The molecule has 0 saturated carbocycles. The summed E-state index contributed by atoms with van der Waals surface area (Å²) in [6.45, 7) is 7.67. The molecule has 1 aliphatic heterocycles. The molecule has 5 heterocycles. The molecule has 236 valence electrons. The van der Waals surface area contributed by atoms with Crippen LogP contribution < -0.4 is 10.9 Å². The minimum atomic E-state index is -4.83. The van der Waals surface area contributed by atoms with Crippen LogP contribution in [0.25, 0.3) is 27.5 Å². The van der Waals surface area contributed by atoms with Gasteiger partial charge in [-0.1, -0.05) is 11.6 Å². The number of pyridine rings is 2. The van der Waals surface area contributed by atoms with Crippen LogP contribution in [0.1, 0.15) is 29.9 Å². The number of fused-ring (bicyclic) bond motifs is 6. The summed E-state index contributed by atoms with van der Waals surface area (Å²) in [5.41, 5.74) is -2.39. The fourth-order valence-corrected chi connectivity index (χ4v) is 5.78. The van der Waals surface area contributed by atoms with Crippen molar-refractivity contribution in [2.24, 2.45) is 0 Å². The van der Waals surface area contributed by atoms with E-state index in [1.165, 1.54) is 22.9 Å². The Morgan fingerprint density at radius 1 is 1.09 bits per heavy atom. The van der Waals surface area contributed by atoms with Gasteiger partial charge in [0.1, 0.15) is 11.4 Å². The lowest BCUT2D eigenvalue weighted by atomic mass is 10.1. The highest BCUT2D eigenvalue weighted by Gasteiger charge is 2.35. The van der Waals surface area contributed by atoms with Gasteiger partial charge in [0.25, 0.3) is 5.56 Å². The van der Waals surface area contributed by atoms with Gasteiger partial charge in [0.05, 0.1) is 16.1 Å². The van der Waals surface area contributed by atoms with Crippen LogP contribution in [0.2, 0.25) is 5.02 Å². The van der Waals surface area contributed by atoms with Gasteiger partial charge in [-0.25, -0.2) is 18.7 Å². The summed E-state index contributed by atoms with van der Waals surface area (Å²) in [7, 11) is 0. The predicted molar refractivity (Wildman–Crippen MR) is 160 cm³/mol. The van der Waals surface area contributed by atoms with Crippen molar-refractivity contribution in [3.05, 3.63) is 69.0 Å². The Kier molecular flexibility index (Phi) is 7.87. The summed E-state index contributed by atoms with van der Waals surface area (Å²) in [5, 5.41) is 16.7. The zero-order chi connectivity index (χ0) is 32.2. The number of nitrogens with one attached hydrogen (secondary N) is 1. The summed E-state index contributed by atoms with van der Waals surface area (Å²) in [6.07, 6.45) is -3.52. The van der Waals surface area contributed by atoms with Gasteiger partial charge < -0.3 is 15.0 Å². The quantitative estimate of drug-likeness (QED) is 0.188. The van der Waals surface area contributed by atoms with Crippen molar-refractivity contribution in [1.82, 2.24) is 33.9 Å². The fourth-order valence-electron chi connectivity index (χ4n) is 5.60. The van der Waals surface area contributed by atoms with Crippen molar-refractivity contribution in [1.29, 1.82) is 0 Å². The molecule has 1 aromatic carbocycles. The molecule has 0 spiro atoms. The van der Waals surface area contributed by atoms with E-state index in [1.807, 2.05) is 0 Å². The number of alkyl halides is 3. The highest BCUT2D eigenvalue weighted by atomic mass is 35.5. The average molecular weight is 647 g/mol. The molecule has 0 atom stereocenters. The van der Waals surface area contributed by atoms with Gasteiger partial charge in [-0.2, -0.15) is 23.3 Å². The monoisotopic (exact) mass is 646 g/mol. The van der Waals surface area contributed by atoms with E-state index in [2.05, 4.69) is 44.0 Å². The third-order valence-corrected chi connectivity index (χ3v) is 8.26. The third-order valence-electron chi connectivity index (χ3n) is 7.97. The first-order chi connectivity index (χ1) is 21.3. The minimum absolute atomic E-state index is 0.0254. The van der Waals surface area contributed by atoms with Crippen LogP contribution in [0, 0.1) is 5.82 Å². The maximum Gasteiger partial charge on any atom is 0.435 e. The zero-order valence-corrected chi connectivity index (χ0v) is 24.8. The van der Waals surface area contributed by atoms with Crippen molar-refractivity contribution < 1.29 is 27.5 Å². The van der Waals surface area contributed by atoms with Crippen LogP contribution in [0.3, 0.4) is 0 Å². The molecule has 0 radical (unpaired) electrons. The number of anilines is 2. The number of benzene rings is 1. The Hall–Kier alpha value is -4.34. The zero-order valence-electron chi connectivity index (χ0n) is 24.1. The summed E-state index contributed by atoms with van der Waals surface area (Å²) < 4.78 is 57.8. The molecule has 0 bridgehead atoms. The molecule has 1 fully saturated rings. The molecular weight excluding hydrogens is 620 g/mol. The van der Waals surface area contributed by atoms with E-state index >= 15 is 0 Å². The van der Waals surface area contributed by atoms with Crippen LogP contribution in [0.15, 0.2) is 41.3 Å². The lowest BCUT2D eigenvalue weighted by Gasteiger charge is -2.37. The maximum absolute atomic E-state index is 14.0. The van der Waals surface area contributed by atoms with Crippen LogP contribution in [-0.2, 0) is 12.7 Å². The third kappa shape index (κ3) is 5.78. The Morgan fingerprint density at radius 3 is 2.47 bits per heavy atom. The molecule has 45 heavy (non-hydrogen) atoms. The van der Waals surface area contributed by atoms with Gasteiger partial charge in [0, 0.05) is 68.0 Å². The molecule has 0 amide bonds. The molecular formula is C29H27ClF4N8O3. The molecule has 16 heteroatoms. The van der Waals surface area contributed by atoms with Crippen LogP contribution in [-0.4, -0.2) is 83.8 Å². The second kappa shape index (κ2) is 11.5. The van der Waals surface area contributed by atoms with Crippen molar-refractivity contribution >= 4 is 56.7 Å².